The van der Waals surface area contributed by atoms with Crippen LogP contribution in [0.25, 0.3) is 0 Å². The number of para-hydroxylation sites is 2. The van der Waals surface area contributed by atoms with Crippen LogP contribution in [0.15, 0.2) is 60.7 Å². The summed E-state index contributed by atoms with van der Waals surface area (Å²) in [6, 6.07) is 16.6. The number of nitrogens with two attached hydrogens (primary N) is 1. The standard InChI is InChI=1S/C17H18N4O3/c18-17(24)21(14-9-5-2-6-10-14)20-16(23)12-11-15(22)19-13-7-3-1-4-8-13/h1-10H,11-12H2,(H2,18,24)(H,19,22)(H,20,23). The van der Waals surface area contributed by atoms with Gasteiger partial charge in [0.1, 0.15) is 0 Å². The largest absolute Gasteiger partial charge is 0.350 e. The molecule has 24 heavy (non-hydrogen) atoms. The monoisotopic (exact) mass is 326 g/mol. The fourth-order valence-electron chi connectivity index (χ4n) is 1.98. The van der Waals surface area contributed by atoms with Gasteiger partial charge in [-0.2, -0.15) is 0 Å². The van der Waals surface area contributed by atoms with Crippen molar-refractivity contribution in [3.8, 4) is 0 Å². The van der Waals surface area contributed by atoms with Gasteiger partial charge < -0.3 is 11.1 Å². The van der Waals surface area contributed by atoms with E-state index in [2.05, 4.69) is 10.7 Å². The predicted molar refractivity (Wildman–Crippen MR) is 91.0 cm³/mol. The zero-order valence-corrected chi connectivity index (χ0v) is 12.9. The first kappa shape index (κ1) is 17.0. The number of nitrogens with one attached hydrogen (secondary N) is 2. The van der Waals surface area contributed by atoms with Crippen LogP contribution in [-0.4, -0.2) is 17.8 Å². The Labute approximate surface area is 139 Å². The molecule has 0 aliphatic heterocycles. The average Bonchev–Trinajstić information content (AvgIpc) is 2.59. The molecule has 2 rings (SSSR count). The molecule has 4 amide bonds. The summed E-state index contributed by atoms with van der Waals surface area (Å²) in [7, 11) is 0. The SMILES string of the molecule is NC(=O)N(NC(=O)CCC(=O)Nc1ccccc1)c1ccccc1. The van der Waals surface area contributed by atoms with Crippen molar-refractivity contribution < 1.29 is 14.4 Å². The highest BCUT2D eigenvalue weighted by Crippen LogP contribution is 2.11. The third-order valence-corrected chi connectivity index (χ3v) is 3.11. The summed E-state index contributed by atoms with van der Waals surface area (Å²) in [5.74, 6) is -0.775. The molecule has 0 saturated heterocycles. The second-order valence-electron chi connectivity index (χ2n) is 4.96. The van der Waals surface area contributed by atoms with E-state index in [1.165, 1.54) is 0 Å². The first-order valence-electron chi connectivity index (χ1n) is 7.35. The number of amides is 4. The van der Waals surface area contributed by atoms with E-state index in [1.54, 1.807) is 54.6 Å². The van der Waals surface area contributed by atoms with Crippen molar-refractivity contribution in [2.24, 2.45) is 5.73 Å². The van der Waals surface area contributed by atoms with Gasteiger partial charge in [0.2, 0.25) is 11.8 Å². The highest BCUT2D eigenvalue weighted by atomic mass is 16.2. The lowest BCUT2D eigenvalue weighted by Crippen LogP contribution is -2.49. The van der Waals surface area contributed by atoms with E-state index in [0.29, 0.717) is 11.4 Å². The molecule has 2 aromatic carbocycles. The highest BCUT2D eigenvalue weighted by molar-refractivity contribution is 5.96. The van der Waals surface area contributed by atoms with Crippen molar-refractivity contribution in [1.29, 1.82) is 0 Å². The van der Waals surface area contributed by atoms with Crippen LogP contribution in [-0.2, 0) is 9.59 Å². The van der Waals surface area contributed by atoms with E-state index in [-0.39, 0.29) is 18.7 Å². The number of hydrogen-bond acceptors (Lipinski definition) is 3. The molecule has 0 aliphatic carbocycles. The van der Waals surface area contributed by atoms with Gasteiger partial charge >= 0.3 is 6.03 Å². The van der Waals surface area contributed by atoms with Gasteiger partial charge in [0.05, 0.1) is 5.69 Å². The van der Waals surface area contributed by atoms with E-state index in [9.17, 15) is 14.4 Å². The molecule has 0 heterocycles. The van der Waals surface area contributed by atoms with Gasteiger partial charge in [0.15, 0.2) is 0 Å². The normalized spacial score (nSPS) is 9.83. The number of hydrazine groups is 1. The molecule has 0 aliphatic rings. The number of benzene rings is 2. The number of urea groups is 1. The van der Waals surface area contributed by atoms with E-state index in [4.69, 9.17) is 5.73 Å². The van der Waals surface area contributed by atoms with Gasteiger partial charge in [-0.05, 0) is 24.3 Å². The van der Waals surface area contributed by atoms with E-state index < -0.39 is 11.9 Å². The van der Waals surface area contributed by atoms with Crippen LogP contribution < -0.4 is 21.5 Å². The van der Waals surface area contributed by atoms with E-state index in [0.717, 1.165) is 5.01 Å². The van der Waals surface area contributed by atoms with Gasteiger partial charge in [-0.1, -0.05) is 36.4 Å². The lowest BCUT2D eigenvalue weighted by atomic mass is 10.2. The Bertz CT molecular complexity index is 704. The van der Waals surface area contributed by atoms with Crippen molar-refractivity contribution >= 4 is 29.2 Å². The quantitative estimate of drug-likeness (QED) is 0.732. The lowest BCUT2D eigenvalue weighted by molar-refractivity contribution is -0.124. The minimum absolute atomic E-state index is 0.0118. The maximum Gasteiger partial charge on any atom is 0.338 e. The highest BCUT2D eigenvalue weighted by Gasteiger charge is 2.16. The number of hydrogen-bond donors (Lipinski definition) is 3. The Kier molecular flexibility index (Phi) is 5.90. The molecule has 2 aromatic rings. The number of anilines is 2. The third-order valence-electron chi connectivity index (χ3n) is 3.11. The zero-order valence-electron chi connectivity index (χ0n) is 12.9. The summed E-state index contributed by atoms with van der Waals surface area (Å²) in [6.45, 7) is 0. The molecule has 0 saturated carbocycles. The molecule has 7 heteroatoms. The van der Waals surface area contributed by atoms with Crippen LogP contribution in [0.1, 0.15) is 12.8 Å². The van der Waals surface area contributed by atoms with Gasteiger partial charge in [-0.25, -0.2) is 9.80 Å². The molecule has 4 N–H and O–H groups in total. The van der Waals surface area contributed by atoms with E-state index >= 15 is 0 Å². The number of primary amides is 1. The van der Waals surface area contributed by atoms with Crippen LogP contribution in [0.3, 0.4) is 0 Å². The number of carbonyl (C=O) groups excluding carboxylic acids is 3. The van der Waals surface area contributed by atoms with Gasteiger partial charge in [0, 0.05) is 18.5 Å². The van der Waals surface area contributed by atoms with E-state index in [1.807, 2.05) is 6.07 Å². The Morgan fingerprint density at radius 1 is 0.833 bits per heavy atom. The van der Waals surface area contributed by atoms with Crippen molar-refractivity contribution in [2.45, 2.75) is 12.8 Å². The van der Waals surface area contributed by atoms with Gasteiger partial charge in [0.25, 0.3) is 0 Å². The fourth-order valence-corrected chi connectivity index (χ4v) is 1.98. The Balaban J connectivity index is 1.85. The second kappa shape index (κ2) is 8.33. The summed E-state index contributed by atoms with van der Waals surface area (Å²) in [4.78, 5) is 35.2. The van der Waals surface area contributed by atoms with Crippen LogP contribution in [0.5, 0.6) is 0 Å². The average molecular weight is 326 g/mol. The van der Waals surface area contributed by atoms with Crippen molar-refractivity contribution in [1.82, 2.24) is 5.43 Å². The molecule has 0 bridgehead atoms. The number of nitrogens with zero attached hydrogens (tertiary/aromatic N) is 1. The second-order valence-corrected chi connectivity index (χ2v) is 4.96. The Hall–Kier alpha value is -3.35. The minimum atomic E-state index is -0.816. The Morgan fingerprint density at radius 2 is 1.38 bits per heavy atom. The predicted octanol–water partition coefficient (Wildman–Crippen LogP) is 2.02. The molecule has 0 aromatic heterocycles. The molecule has 0 unspecified atom stereocenters. The van der Waals surface area contributed by atoms with Crippen molar-refractivity contribution in [3.63, 3.8) is 0 Å². The molecular formula is C17H18N4O3. The van der Waals surface area contributed by atoms with Crippen molar-refractivity contribution in [2.75, 3.05) is 10.3 Å². The van der Waals surface area contributed by atoms with Crippen LogP contribution in [0, 0.1) is 0 Å². The molecule has 0 radical (unpaired) electrons. The molecule has 124 valence electrons. The molecule has 0 atom stereocenters. The van der Waals surface area contributed by atoms with Crippen LogP contribution >= 0.6 is 0 Å². The molecule has 7 nitrogen and oxygen atoms in total. The zero-order chi connectivity index (χ0) is 17.4. The summed E-state index contributed by atoms with van der Waals surface area (Å²) >= 11 is 0. The molecular weight excluding hydrogens is 308 g/mol. The summed E-state index contributed by atoms with van der Waals surface area (Å²) in [5.41, 5.74) is 8.76. The first-order chi connectivity index (χ1) is 11.6. The molecule has 0 fully saturated rings. The van der Waals surface area contributed by atoms with Gasteiger partial charge in [-0.3, -0.25) is 15.0 Å². The third kappa shape index (κ3) is 5.13. The van der Waals surface area contributed by atoms with Crippen molar-refractivity contribution in [3.05, 3.63) is 60.7 Å². The Morgan fingerprint density at radius 3 is 1.96 bits per heavy atom. The molecule has 0 spiro atoms. The fraction of sp³-hybridized carbons (Fsp3) is 0.118. The lowest BCUT2D eigenvalue weighted by Gasteiger charge is -2.21. The maximum absolute atomic E-state index is 11.9. The summed E-state index contributed by atoms with van der Waals surface area (Å²) < 4.78 is 0. The number of carbonyl (C=O) groups is 3. The number of rotatable bonds is 5. The van der Waals surface area contributed by atoms with Crippen LogP contribution in [0.4, 0.5) is 16.2 Å². The summed E-state index contributed by atoms with van der Waals surface area (Å²) in [6.07, 6.45) is -0.0859. The first-order valence-corrected chi connectivity index (χ1v) is 7.35. The topological polar surface area (TPSA) is 105 Å². The van der Waals surface area contributed by atoms with Crippen LogP contribution in [0.2, 0.25) is 0 Å². The summed E-state index contributed by atoms with van der Waals surface area (Å²) in [5, 5.41) is 3.62. The minimum Gasteiger partial charge on any atom is -0.350 e. The maximum atomic E-state index is 11.9. The van der Waals surface area contributed by atoms with Gasteiger partial charge in [-0.15, -0.1) is 0 Å². The smallest absolute Gasteiger partial charge is 0.338 e.